The lowest BCUT2D eigenvalue weighted by Gasteiger charge is -2.15. The van der Waals surface area contributed by atoms with Gasteiger partial charge in [0.1, 0.15) is 5.75 Å². The molecular formula is C22H20N2O3. The van der Waals surface area contributed by atoms with E-state index in [1.165, 1.54) is 0 Å². The van der Waals surface area contributed by atoms with Crippen molar-refractivity contribution >= 4 is 11.8 Å². The Kier molecular flexibility index (Phi) is 5.84. The van der Waals surface area contributed by atoms with Gasteiger partial charge in [-0.1, -0.05) is 60.7 Å². The summed E-state index contributed by atoms with van der Waals surface area (Å²) in [6.07, 6.45) is -0.761. The highest BCUT2D eigenvalue weighted by Gasteiger charge is 2.16. The van der Waals surface area contributed by atoms with Gasteiger partial charge >= 0.3 is 0 Å². The maximum Gasteiger partial charge on any atom is 0.279 e. The third kappa shape index (κ3) is 4.95. The fourth-order valence-corrected chi connectivity index (χ4v) is 2.50. The molecule has 2 amide bonds. The van der Waals surface area contributed by atoms with Crippen molar-refractivity contribution in [2.75, 3.05) is 0 Å². The molecule has 0 aliphatic carbocycles. The highest BCUT2D eigenvalue weighted by Crippen LogP contribution is 2.22. The van der Waals surface area contributed by atoms with E-state index in [9.17, 15) is 9.59 Å². The van der Waals surface area contributed by atoms with Gasteiger partial charge in [-0.2, -0.15) is 0 Å². The minimum Gasteiger partial charge on any atom is -0.481 e. The summed E-state index contributed by atoms with van der Waals surface area (Å²) in [6.45, 7) is 1.62. The Morgan fingerprint density at radius 1 is 0.741 bits per heavy atom. The Labute approximate surface area is 158 Å². The minimum atomic E-state index is -0.761. The van der Waals surface area contributed by atoms with Gasteiger partial charge in [0.15, 0.2) is 6.10 Å². The van der Waals surface area contributed by atoms with E-state index in [2.05, 4.69) is 10.9 Å². The van der Waals surface area contributed by atoms with Crippen LogP contribution in [-0.2, 0) is 4.79 Å². The summed E-state index contributed by atoms with van der Waals surface area (Å²) in [6, 6.07) is 26.1. The summed E-state index contributed by atoms with van der Waals surface area (Å²) in [7, 11) is 0. The zero-order chi connectivity index (χ0) is 19.1. The summed E-state index contributed by atoms with van der Waals surface area (Å²) in [5.41, 5.74) is 7.39. The maximum absolute atomic E-state index is 12.1. The second-order valence-electron chi connectivity index (χ2n) is 5.96. The number of carbonyl (C=O) groups is 2. The van der Waals surface area contributed by atoms with Crippen molar-refractivity contribution in [3.63, 3.8) is 0 Å². The Morgan fingerprint density at radius 2 is 1.30 bits per heavy atom. The van der Waals surface area contributed by atoms with Gasteiger partial charge < -0.3 is 4.74 Å². The van der Waals surface area contributed by atoms with Crippen molar-refractivity contribution in [1.82, 2.24) is 10.9 Å². The molecule has 3 aromatic carbocycles. The van der Waals surface area contributed by atoms with E-state index in [0.717, 1.165) is 11.1 Å². The van der Waals surface area contributed by atoms with E-state index in [1.54, 1.807) is 31.2 Å². The van der Waals surface area contributed by atoms with Crippen molar-refractivity contribution < 1.29 is 14.3 Å². The summed E-state index contributed by atoms with van der Waals surface area (Å²) in [5, 5.41) is 0. The molecule has 0 fully saturated rings. The van der Waals surface area contributed by atoms with Crippen LogP contribution in [0.2, 0.25) is 0 Å². The number of hydrazine groups is 1. The van der Waals surface area contributed by atoms with Gasteiger partial charge in [0.2, 0.25) is 0 Å². The standard InChI is InChI=1S/C22H20N2O3/c1-16(21(25)23-24-22(26)19-10-6-3-7-11-19)27-20-14-12-18(13-15-20)17-8-4-2-5-9-17/h2-16H,1H3,(H,23,25)(H,24,26). The highest BCUT2D eigenvalue weighted by molar-refractivity contribution is 5.95. The van der Waals surface area contributed by atoms with Crippen LogP contribution in [0.15, 0.2) is 84.9 Å². The van der Waals surface area contributed by atoms with Crippen LogP contribution >= 0.6 is 0 Å². The Bertz CT molecular complexity index is 894. The zero-order valence-electron chi connectivity index (χ0n) is 14.9. The SMILES string of the molecule is CC(Oc1ccc(-c2ccccc2)cc1)C(=O)NNC(=O)c1ccccc1. The van der Waals surface area contributed by atoms with Crippen LogP contribution < -0.4 is 15.6 Å². The number of hydrogen-bond donors (Lipinski definition) is 2. The number of ether oxygens (including phenoxy) is 1. The van der Waals surface area contributed by atoms with Gasteiger partial charge in [-0.3, -0.25) is 20.4 Å². The van der Waals surface area contributed by atoms with E-state index in [4.69, 9.17) is 4.74 Å². The van der Waals surface area contributed by atoms with Crippen molar-refractivity contribution in [2.24, 2.45) is 0 Å². The molecule has 0 radical (unpaired) electrons. The number of nitrogens with one attached hydrogen (secondary N) is 2. The van der Waals surface area contributed by atoms with Crippen molar-refractivity contribution in [3.8, 4) is 16.9 Å². The van der Waals surface area contributed by atoms with Crippen LogP contribution in [0.25, 0.3) is 11.1 Å². The molecule has 3 rings (SSSR count). The first kappa shape index (κ1) is 18.2. The molecule has 0 heterocycles. The average Bonchev–Trinajstić information content (AvgIpc) is 2.73. The predicted molar refractivity (Wildman–Crippen MR) is 104 cm³/mol. The van der Waals surface area contributed by atoms with E-state index in [0.29, 0.717) is 11.3 Å². The lowest BCUT2D eigenvalue weighted by Crippen LogP contribution is -2.47. The molecule has 27 heavy (non-hydrogen) atoms. The van der Waals surface area contributed by atoms with Gasteiger partial charge in [-0.15, -0.1) is 0 Å². The predicted octanol–water partition coefficient (Wildman–Crippen LogP) is 3.58. The maximum atomic E-state index is 12.1. The molecule has 1 atom stereocenters. The van der Waals surface area contributed by atoms with Gasteiger partial charge in [0, 0.05) is 5.56 Å². The second-order valence-corrected chi connectivity index (χ2v) is 5.96. The Hall–Kier alpha value is -3.60. The smallest absolute Gasteiger partial charge is 0.279 e. The fourth-order valence-electron chi connectivity index (χ4n) is 2.50. The Morgan fingerprint density at radius 3 is 1.93 bits per heavy atom. The average molecular weight is 360 g/mol. The molecule has 5 nitrogen and oxygen atoms in total. The Balaban J connectivity index is 1.53. The first-order chi connectivity index (χ1) is 13.1. The van der Waals surface area contributed by atoms with Crippen LogP contribution in [0.1, 0.15) is 17.3 Å². The van der Waals surface area contributed by atoms with Crippen molar-refractivity contribution in [3.05, 3.63) is 90.5 Å². The third-order valence-corrected chi connectivity index (χ3v) is 3.98. The largest absolute Gasteiger partial charge is 0.481 e. The molecule has 0 bridgehead atoms. The number of rotatable bonds is 5. The number of carbonyl (C=O) groups excluding carboxylic acids is 2. The molecular weight excluding hydrogens is 340 g/mol. The molecule has 0 spiro atoms. The van der Waals surface area contributed by atoms with E-state index in [1.807, 2.05) is 60.7 Å². The van der Waals surface area contributed by atoms with Crippen LogP contribution in [0.3, 0.4) is 0 Å². The molecule has 5 heteroatoms. The number of benzene rings is 3. The fraction of sp³-hybridized carbons (Fsp3) is 0.0909. The van der Waals surface area contributed by atoms with E-state index >= 15 is 0 Å². The lowest BCUT2D eigenvalue weighted by atomic mass is 10.1. The van der Waals surface area contributed by atoms with E-state index < -0.39 is 12.0 Å². The first-order valence-electron chi connectivity index (χ1n) is 8.61. The quantitative estimate of drug-likeness (QED) is 0.684. The van der Waals surface area contributed by atoms with Crippen LogP contribution in [0.5, 0.6) is 5.75 Å². The zero-order valence-corrected chi connectivity index (χ0v) is 14.9. The summed E-state index contributed by atoms with van der Waals surface area (Å²) in [4.78, 5) is 24.1. The van der Waals surface area contributed by atoms with Gasteiger partial charge in [0.25, 0.3) is 11.8 Å². The summed E-state index contributed by atoms with van der Waals surface area (Å²) in [5.74, 6) is -0.249. The number of amides is 2. The lowest BCUT2D eigenvalue weighted by molar-refractivity contribution is -0.128. The second kappa shape index (κ2) is 8.67. The molecule has 0 aromatic heterocycles. The van der Waals surface area contributed by atoms with Gasteiger partial charge in [-0.25, -0.2) is 0 Å². The normalized spacial score (nSPS) is 11.3. The molecule has 1 unspecified atom stereocenters. The molecule has 0 saturated carbocycles. The molecule has 0 aliphatic rings. The number of hydrogen-bond acceptors (Lipinski definition) is 3. The first-order valence-corrected chi connectivity index (χ1v) is 8.61. The van der Waals surface area contributed by atoms with Crippen LogP contribution in [-0.4, -0.2) is 17.9 Å². The molecule has 0 saturated heterocycles. The molecule has 2 N–H and O–H groups in total. The monoisotopic (exact) mass is 360 g/mol. The van der Waals surface area contributed by atoms with Gasteiger partial charge in [0.05, 0.1) is 0 Å². The van der Waals surface area contributed by atoms with Crippen LogP contribution in [0.4, 0.5) is 0 Å². The van der Waals surface area contributed by atoms with Gasteiger partial charge in [-0.05, 0) is 42.3 Å². The van der Waals surface area contributed by atoms with Crippen LogP contribution in [0, 0.1) is 0 Å². The van der Waals surface area contributed by atoms with Crippen molar-refractivity contribution in [2.45, 2.75) is 13.0 Å². The topological polar surface area (TPSA) is 67.4 Å². The third-order valence-electron chi connectivity index (χ3n) is 3.98. The minimum absolute atomic E-state index is 0.386. The molecule has 0 aliphatic heterocycles. The molecule has 136 valence electrons. The summed E-state index contributed by atoms with van der Waals surface area (Å²) >= 11 is 0. The van der Waals surface area contributed by atoms with E-state index in [-0.39, 0.29) is 5.91 Å². The summed E-state index contributed by atoms with van der Waals surface area (Å²) < 4.78 is 5.64. The highest BCUT2D eigenvalue weighted by atomic mass is 16.5. The van der Waals surface area contributed by atoms with Crippen molar-refractivity contribution in [1.29, 1.82) is 0 Å². The molecule has 3 aromatic rings.